The number of aromatic nitrogens is 2. The molecule has 2 aliphatic rings. The highest BCUT2D eigenvalue weighted by molar-refractivity contribution is 7.11. The van der Waals surface area contributed by atoms with Gasteiger partial charge in [-0.2, -0.15) is 5.10 Å². The van der Waals surface area contributed by atoms with Gasteiger partial charge in [0.05, 0.1) is 17.9 Å². The fourth-order valence-corrected chi connectivity index (χ4v) is 4.88. The summed E-state index contributed by atoms with van der Waals surface area (Å²) in [6.07, 6.45) is 2.27. The smallest absolute Gasteiger partial charge is 0.151 e. The van der Waals surface area contributed by atoms with E-state index in [1.165, 1.54) is 9.75 Å². The first-order chi connectivity index (χ1) is 12.1. The number of hydrogen-bond donors (Lipinski definition) is 0. The highest BCUT2D eigenvalue weighted by Gasteiger charge is 2.41. The zero-order chi connectivity index (χ0) is 17.3. The largest absolute Gasteiger partial charge is 0.370 e. The van der Waals surface area contributed by atoms with Gasteiger partial charge in [-0.3, -0.25) is 4.90 Å². The van der Waals surface area contributed by atoms with Crippen LogP contribution in [0.25, 0.3) is 0 Å². The Morgan fingerprint density at radius 1 is 1.12 bits per heavy atom. The fourth-order valence-electron chi connectivity index (χ4n) is 3.95. The number of thiophene rings is 1. The van der Waals surface area contributed by atoms with Crippen LogP contribution in [0.4, 0.5) is 5.82 Å². The van der Waals surface area contributed by atoms with Crippen LogP contribution in [0.3, 0.4) is 0 Å². The molecule has 2 aliphatic heterocycles. The molecule has 2 saturated heterocycles. The van der Waals surface area contributed by atoms with Crippen LogP contribution in [0.1, 0.15) is 28.3 Å². The number of aryl methyl sites for hydroxylation is 2. The molecule has 0 aromatic carbocycles. The Kier molecular flexibility index (Phi) is 4.75. The van der Waals surface area contributed by atoms with E-state index in [0.29, 0.717) is 0 Å². The third kappa shape index (κ3) is 3.86. The number of nitrogens with zero attached hydrogens (tertiary/aromatic N) is 4. The number of ether oxygens (including phenoxy) is 1. The van der Waals surface area contributed by atoms with Crippen molar-refractivity contribution in [3.05, 3.63) is 39.7 Å². The lowest BCUT2D eigenvalue weighted by molar-refractivity contribution is -0.116. The minimum Gasteiger partial charge on any atom is -0.370 e. The molecular weight excluding hydrogens is 332 g/mol. The molecule has 0 N–H and O–H groups in total. The lowest BCUT2D eigenvalue weighted by atomic mass is 9.90. The van der Waals surface area contributed by atoms with Crippen LogP contribution >= 0.6 is 11.3 Å². The van der Waals surface area contributed by atoms with E-state index in [0.717, 1.165) is 63.7 Å². The van der Waals surface area contributed by atoms with Gasteiger partial charge in [-0.15, -0.1) is 16.4 Å². The maximum Gasteiger partial charge on any atom is 0.151 e. The number of morpholine rings is 1. The Morgan fingerprint density at radius 3 is 2.80 bits per heavy atom. The SMILES string of the molecule is Cc1ccc(N2CCCC3(CN(Cc4ccc(C)s4)CCO3)C2)nn1. The number of rotatable bonds is 3. The predicted molar refractivity (Wildman–Crippen MR) is 101 cm³/mol. The predicted octanol–water partition coefficient (Wildman–Crippen LogP) is 3.03. The third-order valence-electron chi connectivity index (χ3n) is 5.15. The molecule has 2 aromatic heterocycles. The van der Waals surface area contributed by atoms with Gasteiger partial charge in [0, 0.05) is 42.5 Å². The molecular formula is C19H26N4OS. The van der Waals surface area contributed by atoms with Crippen molar-refractivity contribution in [1.29, 1.82) is 0 Å². The van der Waals surface area contributed by atoms with Gasteiger partial charge in [0.2, 0.25) is 0 Å². The first kappa shape index (κ1) is 16.9. The molecule has 0 saturated carbocycles. The lowest BCUT2D eigenvalue weighted by Gasteiger charge is -2.48. The standard InChI is InChI=1S/C19H26N4OS/c1-15-4-7-18(21-20-15)23-9-3-8-19(14-23)13-22(10-11-24-19)12-17-6-5-16(2)25-17/h4-7H,3,8-14H2,1-2H3. The van der Waals surface area contributed by atoms with Crippen molar-refractivity contribution in [3.63, 3.8) is 0 Å². The van der Waals surface area contributed by atoms with Crippen molar-refractivity contribution in [2.75, 3.05) is 37.7 Å². The number of anilines is 1. The van der Waals surface area contributed by atoms with Crippen LogP contribution < -0.4 is 4.90 Å². The Balaban J connectivity index is 1.45. The van der Waals surface area contributed by atoms with Crippen LogP contribution in [-0.2, 0) is 11.3 Å². The van der Waals surface area contributed by atoms with Crippen molar-refractivity contribution in [1.82, 2.24) is 15.1 Å². The van der Waals surface area contributed by atoms with E-state index < -0.39 is 0 Å². The van der Waals surface area contributed by atoms with Crippen LogP contribution in [-0.4, -0.2) is 53.5 Å². The summed E-state index contributed by atoms with van der Waals surface area (Å²) in [5.41, 5.74) is 0.886. The van der Waals surface area contributed by atoms with Gasteiger partial charge in [-0.1, -0.05) is 0 Å². The normalized spacial score (nSPS) is 24.8. The zero-order valence-corrected chi connectivity index (χ0v) is 15.9. The second-order valence-electron chi connectivity index (χ2n) is 7.31. The van der Waals surface area contributed by atoms with Crippen LogP contribution in [0.2, 0.25) is 0 Å². The molecule has 2 fully saturated rings. The Morgan fingerprint density at radius 2 is 2.04 bits per heavy atom. The van der Waals surface area contributed by atoms with E-state index in [2.05, 4.69) is 45.1 Å². The number of hydrogen-bond acceptors (Lipinski definition) is 6. The minimum absolute atomic E-state index is 0.0740. The van der Waals surface area contributed by atoms with Crippen LogP contribution in [0.15, 0.2) is 24.3 Å². The molecule has 1 unspecified atom stereocenters. The highest BCUT2D eigenvalue weighted by atomic mass is 32.1. The molecule has 1 spiro atoms. The monoisotopic (exact) mass is 358 g/mol. The molecule has 0 bridgehead atoms. The van der Waals surface area contributed by atoms with Crippen molar-refractivity contribution in [3.8, 4) is 0 Å². The van der Waals surface area contributed by atoms with E-state index in [1.54, 1.807) is 0 Å². The first-order valence-electron chi connectivity index (χ1n) is 9.09. The van der Waals surface area contributed by atoms with E-state index in [4.69, 9.17) is 4.74 Å². The Bertz CT molecular complexity index is 712. The summed E-state index contributed by atoms with van der Waals surface area (Å²) in [4.78, 5) is 7.74. The van der Waals surface area contributed by atoms with E-state index >= 15 is 0 Å². The number of piperidine rings is 1. The summed E-state index contributed by atoms with van der Waals surface area (Å²) >= 11 is 1.90. The van der Waals surface area contributed by atoms with Gasteiger partial charge in [0.1, 0.15) is 0 Å². The fraction of sp³-hybridized carbons (Fsp3) is 0.579. The summed E-state index contributed by atoms with van der Waals surface area (Å²) in [7, 11) is 0. The van der Waals surface area contributed by atoms with Gasteiger partial charge < -0.3 is 9.64 Å². The molecule has 0 amide bonds. The lowest BCUT2D eigenvalue weighted by Crippen LogP contribution is -2.59. The molecule has 0 aliphatic carbocycles. The summed E-state index contributed by atoms with van der Waals surface area (Å²) in [6.45, 7) is 9.96. The van der Waals surface area contributed by atoms with E-state index in [9.17, 15) is 0 Å². The van der Waals surface area contributed by atoms with E-state index in [-0.39, 0.29) is 5.60 Å². The molecule has 4 rings (SSSR count). The quantitative estimate of drug-likeness (QED) is 0.844. The Labute approximate surface area is 153 Å². The molecule has 134 valence electrons. The second-order valence-corrected chi connectivity index (χ2v) is 8.68. The summed E-state index contributed by atoms with van der Waals surface area (Å²) in [5, 5.41) is 8.60. The van der Waals surface area contributed by atoms with Crippen LogP contribution in [0, 0.1) is 13.8 Å². The van der Waals surface area contributed by atoms with Crippen LogP contribution in [0.5, 0.6) is 0 Å². The molecule has 0 radical (unpaired) electrons. The zero-order valence-electron chi connectivity index (χ0n) is 15.1. The van der Waals surface area contributed by atoms with Gasteiger partial charge in [-0.05, 0) is 51.0 Å². The Hall–Kier alpha value is -1.50. The maximum absolute atomic E-state index is 6.33. The molecule has 1 atom stereocenters. The van der Waals surface area contributed by atoms with Crippen molar-refractivity contribution in [2.45, 2.75) is 38.8 Å². The second kappa shape index (κ2) is 7.02. The molecule has 25 heavy (non-hydrogen) atoms. The maximum atomic E-state index is 6.33. The average Bonchev–Trinajstić information content (AvgIpc) is 3.00. The molecule has 6 heteroatoms. The molecule has 2 aromatic rings. The topological polar surface area (TPSA) is 41.5 Å². The third-order valence-corrected chi connectivity index (χ3v) is 6.14. The molecule has 4 heterocycles. The van der Waals surface area contributed by atoms with Gasteiger partial charge in [0.15, 0.2) is 5.82 Å². The van der Waals surface area contributed by atoms with Crippen molar-refractivity contribution < 1.29 is 4.74 Å². The van der Waals surface area contributed by atoms with E-state index in [1.807, 2.05) is 24.3 Å². The first-order valence-corrected chi connectivity index (χ1v) is 9.91. The summed E-state index contributed by atoms with van der Waals surface area (Å²) < 4.78 is 6.33. The summed E-state index contributed by atoms with van der Waals surface area (Å²) in [6, 6.07) is 8.60. The average molecular weight is 359 g/mol. The van der Waals surface area contributed by atoms with Crippen molar-refractivity contribution >= 4 is 17.2 Å². The molecule has 5 nitrogen and oxygen atoms in total. The highest BCUT2D eigenvalue weighted by Crippen LogP contribution is 2.32. The van der Waals surface area contributed by atoms with Gasteiger partial charge >= 0.3 is 0 Å². The summed E-state index contributed by atoms with van der Waals surface area (Å²) in [5.74, 6) is 0.972. The van der Waals surface area contributed by atoms with Crippen molar-refractivity contribution in [2.24, 2.45) is 0 Å². The van der Waals surface area contributed by atoms with Gasteiger partial charge in [0.25, 0.3) is 0 Å². The van der Waals surface area contributed by atoms with Gasteiger partial charge in [-0.25, -0.2) is 0 Å². The minimum atomic E-state index is -0.0740.